The third kappa shape index (κ3) is 4.35. The first-order valence-corrected chi connectivity index (χ1v) is 9.63. The Bertz CT molecular complexity index is 870. The van der Waals surface area contributed by atoms with Gasteiger partial charge in [-0.25, -0.2) is 4.98 Å². The average molecular weight is 366 g/mol. The van der Waals surface area contributed by atoms with Crippen LogP contribution in [0.15, 0.2) is 66.0 Å². The number of carbonyl (C=O) groups excluding carboxylic acids is 1. The molecule has 3 rings (SSSR count). The fourth-order valence-electron chi connectivity index (χ4n) is 2.68. The maximum absolute atomic E-state index is 12.2. The number of hydrogen-bond acceptors (Lipinski definition) is 3. The van der Waals surface area contributed by atoms with Gasteiger partial charge in [0, 0.05) is 12.7 Å². The summed E-state index contributed by atoms with van der Waals surface area (Å²) in [4.78, 5) is 16.7. The summed E-state index contributed by atoms with van der Waals surface area (Å²) in [6.07, 6.45) is 1.85. The summed E-state index contributed by atoms with van der Waals surface area (Å²) in [6, 6.07) is 18.1. The number of hydrogen-bond donors (Lipinski definition) is 1. The Morgan fingerprint density at radius 1 is 1.12 bits per heavy atom. The highest BCUT2D eigenvalue weighted by atomic mass is 32.2. The van der Waals surface area contributed by atoms with Gasteiger partial charge in [0.1, 0.15) is 0 Å². The number of nitrogens with zero attached hydrogens (tertiary/aromatic N) is 2. The smallest absolute Gasteiger partial charge is 0.234 e. The molecule has 2 aromatic carbocycles. The van der Waals surface area contributed by atoms with Crippen molar-refractivity contribution in [3.63, 3.8) is 0 Å². The highest BCUT2D eigenvalue weighted by Gasteiger charge is 2.11. The van der Waals surface area contributed by atoms with Gasteiger partial charge in [-0.2, -0.15) is 0 Å². The van der Waals surface area contributed by atoms with E-state index in [1.807, 2.05) is 48.1 Å². The lowest BCUT2D eigenvalue weighted by atomic mass is 10.0. The van der Waals surface area contributed by atoms with Gasteiger partial charge in [0.05, 0.1) is 17.6 Å². The molecule has 0 spiro atoms. The molecule has 0 aliphatic carbocycles. The first-order valence-electron chi connectivity index (χ1n) is 8.64. The van der Waals surface area contributed by atoms with Gasteiger partial charge in [-0.1, -0.05) is 68.1 Å². The van der Waals surface area contributed by atoms with E-state index >= 15 is 0 Å². The highest BCUT2D eigenvalue weighted by molar-refractivity contribution is 7.99. The molecule has 0 saturated heterocycles. The summed E-state index contributed by atoms with van der Waals surface area (Å²) < 4.78 is 2.02. The normalized spacial score (nSPS) is 10.9. The lowest BCUT2D eigenvalue weighted by molar-refractivity contribution is -0.113. The molecule has 0 radical (unpaired) electrons. The Labute approximate surface area is 158 Å². The van der Waals surface area contributed by atoms with E-state index in [1.54, 1.807) is 0 Å². The van der Waals surface area contributed by atoms with E-state index in [0.717, 1.165) is 22.1 Å². The van der Waals surface area contributed by atoms with Gasteiger partial charge in [0.15, 0.2) is 5.16 Å². The third-order valence-corrected chi connectivity index (χ3v) is 5.25. The molecule has 5 heteroatoms. The minimum atomic E-state index is -0.0310. The van der Waals surface area contributed by atoms with Crippen molar-refractivity contribution in [3.8, 4) is 11.3 Å². The maximum atomic E-state index is 12.2. The fourth-order valence-corrected chi connectivity index (χ4v) is 3.43. The van der Waals surface area contributed by atoms with Crippen LogP contribution in [0.3, 0.4) is 0 Å². The van der Waals surface area contributed by atoms with E-state index in [2.05, 4.69) is 48.4 Å². The summed E-state index contributed by atoms with van der Waals surface area (Å²) in [5, 5.41) is 3.77. The zero-order chi connectivity index (χ0) is 18.5. The highest BCUT2D eigenvalue weighted by Crippen LogP contribution is 2.25. The Kier molecular flexibility index (Phi) is 5.78. The van der Waals surface area contributed by atoms with E-state index in [-0.39, 0.29) is 5.91 Å². The van der Waals surface area contributed by atoms with E-state index in [0.29, 0.717) is 11.7 Å². The topological polar surface area (TPSA) is 46.9 Å². The molecular formula is C21H23N3OS. The first kappa shape index (κ1) is 18.3. The average Bonchev–Trinajstić information content (AvgIpc) is 3.02. The van der Waals surface area contributed by atoms with Crippen molar-refractivity contribution < 1.29 is 4.79 Å². The predicted molar refractivity (Wildman–Crippen MR) is 109 cm³/mol. The van der Waals surface area contributed by atoms with Crippen molar-refractivity contribution >= 4 is 23.4 Å². The Morgan fingerprint density at radius 2 is 1.81 bits per heavy atom. The number of thioether (sulfide) groups is 1. The predicted octanol–water partition coefficient (Wildman–Crippen LogP) is 4.94. The Hall–Kier alpha value is -2.53. The molecule has 0 saturated carbocycles. The van der Waals surface area contributed by atoms with Gasteiger partial charge < -0.3 is 9.88 Å². The minimum Gasteiger partial charge on any atom is -0.325 e. The van der Waals surface area contributed by atoms with E-state index in [1.165, 1.54) is 17.3 Å². The SMILES string of the molecule is CC(C)c1ccc(NC(=O)CSc2ncc(-c3ccccc3)n2C)cc1. The maximum Gasteiger partial charge on any atom is 0.234 e. The van der Waals surface area contributed by atoms with Crippen LogP contribution < -0.4 is 5.32 Å². The van der Waals surface area contributed by atoms with Crippen molar-refractivity contribution in [2.75, 3.05) is 11.1 Å². The second-order valence-electron chi connectivity index (χ2n) is 6.46. The van der Waals surface area contributed by atoms with Crippen LogP contribution in [0, 0.1) is 0 Å². The van der Waals surface area contributed by atoms with Gasteiger partial charge in [-0.15, -0.1) is 0 Å². The molecule has 0 bridgehead atoms. The summed E-state index contributed by atoms with van der Waals surface area (Å²) in [5.74, 6) is 0.777. The Balaban J connectivity index is 1.59. The fraction of sp³-hybridized carbons (Fsp3) is 0.238. The number of aromatic nitrogens is 2. The summed E-state index contributed by atoms with van der Waals surface area (Å²) in [5.41, 5.74) is 4.24. The number of nitrogens with one attached hydrogen (secondary N) is 1. The van der Waals surface area contributed by atoms with Gasteiger partial charge in [0.2, 0.25) is 5.91 Å². The molecular weight excluding hydrogens is 342 g/mol. The van der Waals surface area contributed by atoms with Crippen LogP contribution in [0.4, 0.5) is 5.69 Å². The monoisotopic (exact) mass is 365 g/mol. The number of imidazole rings is 1. The van der Waals surface area contributed by atoms with E-state index in [4.69, 9.17) is 0 Å². The quantitative estimate of drug-likeness (QED) is 0.629. The number of carbonyl (C=O) groups is 1. The largest absolute Gasteiger partial charge is 0.325 e. The molecule has 1 aromatic heterocycles. The van der Waals surface area contributed by atoms with Crippen molar-refractivity contribution in [2.24, 2.45) is 7.05 Å². The van der Waals surface area contributed by atoms with Gasteiger partial charge in [0.25, 0.3) is 0 Å². The zero-order valence-corrected chi connectivity index (χ0v) is 16.1. The van der Waals surface area contributed by atoms with Crippen molar-refractivity contribution in [3.05, 3.63) is 66.4 Å². The van der Waals surface area contributed by atoms with Gasteiger partial charge in [-0.05, 0) is 29.2 Å². The second-order valence-corrected chi connectivity index (χ2v) is 7.41. The molecule has 26 heavy (non-hydrogen) atoms. The second kappa shape index (κ2) is 8.23. The van der Waals surface area contributed by atoms with E-state index < -0.39 is 0 Å². The Morgan fingerprint density at radius 3 is 2.46 bits per heavy atom. The zero-order valence-electron chi connectivity index (χ0n) is 15.3. The summed E-state index contributed by atoms with van der Waals surface area (Å²) in [6.45, 7) is 4.31. The van der Waals surface area contributed by atoms with Crippen molar-refractivity contribution in [1.29, 1.82) is 0 Å². The van der Waals surface area contributed by atoms with Crippen LogP contribution in [0.1, 0.15) is 25.3 Å². The molecule has 4 nitrogen and oxygen atoms in total. The lowest BCUT2D eigenvalue weighted by Gasteiger charge is -2.09. The van der Waals surface area contributed by atoms with Gasteiger partial charge in [-0.3, -0.25) is 4.79 Å². The number of rotatable bonds is 6. The lowest BCUT2D eigenvalue weighted by Crippen LogP contribution is -2.14. The number of benzene rings is 2. The molecule has 0 fully saturated rings. The van der Waals surface area contributed by atoms with Crippen LogP contribution in [0.5, 0.6) is 0 Å². The molecule has 1 amide bonds. The molecule has 0 aliphatic heterocycles. The molecule has 1 N–H and O–H groups in total. The molecule has 0 unspecified atom stereocenters. The summed E-state index contributed by atoms with van der Waals surface area (Å²) >= 11 is 1.44. The standard InChI is InChI=1S/C21H23N3OS/c1-15(2)16-9-11-18(12-10-16)23-20(25)14-26-21-22-13-19(24(21)3)17-7-5-4-6-8-17/h4-13,15H,14H2,1-3H3,(H,23,25). The van der Waals surface area contributed by atoms with Crippen LogP contribution in [-0.4, -0.2) is 21.2 Å². The molecule has 134 valence electrons. The van der Waals surface area contributed by atoms with Crippen LogP contribution >= 0.6 is 11.8 Å². The van der Waals surface area contributed by atoms with Gasteiger partial charge >= 0.3 is 0 Å². The number of amides is 1. The molecule has 1 heterocycles. The summed E-state index contributed by atoms with van der Waals surface area (Å²) in [7, 11) is 1.97. The first-order chi connectivity index (χ1) is 12.5. The van der Waals surface area contributed by atoms with Crippen LogP contribution in [0.2, 0.25) is 0 Å². The van der Waals surface area contributed by atoms with E-state index in [9.17, 15) is 4.79 Å². The van der Waals surface area contributed by atoms with Crippen LogP contribution in [0.25, 0.3) is 11.3 Å². The van der Waals surface area contributed by atoms with Crippen LogP contribution in [-0.2, 0) is 11.8 Å². The number of anilines is 1. The molecule has 0 atom stereocenters. The molecule has 0 aliphatic rings. The molecule has 3 aromatic rings. The van der Waals surface area contributed by atoms with Crippen molar-refractivity contribution in [1.82, 2.24) is 9.55 Å². The van der Waals surface area contributed by atoms with Crippen molar-refractivity contribution in [2.45, 2.75) is 24.9 Å². The third-order valence-electron chi connectivity index (χ3n) is 4.21. The minimum absolute atomic E-state index is 0.0310.